The van der Waals surface area contributed by atoms with Crippen molar-refractivity contribution in [2.24, 2.45) is 0 Å². The maximum atomic E-state index is 12.8. The van der Waals surface area contributed by atoms with Gasteiger partial charge in [-0.15, -0.1) is 0 Å². The van der Waals surface area contributed by atoms with Gasteiger partial charge in [-0.1, -0.05) is 29.8 Å². The minimum absolute atomic E-state index is 0.0351. The number of ether oxygens (including phenoxy) is 1. The lowest BCUT2D eigenvalue weighted by molar-refractivity contribution is -0.139. The van der Waals surface area contributed by atoms with Crippen LogP contribution in [-0.4, -0.2) is 60.4 Å². The molecule has 31 heavy (non-hydrogen) atoms. The molecule has 2 aromatic carbocycles. The van der Waals surface area contributed by atoms with E-state index in [1.54, 1.807) is 24.0 Å². The van der Waals surface area contributed by atoms with Gasteiger partial charge in [0.1, 0.15) is 5.75 Å². The van der Waals surface area contributed by atoms with Crippen LogP contribution in [0.2, 0.25) is 5.02 Å². The van der Waals surface area contributed by atoms with Crippen LogP contribution in [-0.2, 0) is 9.59 Å². The largest absolute Gasteiger partial charge is 0.481 e. The summed E-state index contributed by atoms with van der Waals surface area (Å²) in [6.45, 7) is 10.4. The minimum atomic E-state index is -0.584. The molecule has 6 nitrogen and oxygen atoms in total. The summed E-state index contributed by atoms with van der Waals surface area (Å²) in [6, 6.07) is 11.3. The first-order valence-corrected chi connectivity index (χ1v) is 10.9. The average Bonchev–Trinajstić information content (AvgIpc) is 2.73. The van der Waals surface area contributed by atoms with Crippen LogP contribution in [0, 0.1) is 20.8 Å². The second-order valence-electron chi connectivity index (χ2n) is 8.09. The fourth-order valence-electron chi connectivity index (χ4n) is 3.76. The fraction of sp³-hybridized carbons (Fsp3) is 0.417. The van der Waals surface area contributed by atoms with E-state index in [9.17, 15) is 9.59 Å². The van der Waals surface area contributed by atoms with Crippen molar-refractivity contribution in [3.8, 4) is 5.75 Å². The lowest BCUT2D eigenvalue weighted by Gasteiger charge is -2.35. The molecule has 1 fully saturated rings. The fourth-order valence-corrected chi connectivity index (χ4v) is 3.99. The maximum absolute atomic E-state index is 12.8. The van der Waals surface area contributed by atoms with Crippen molar-refractivity contribution in [2.75, 3.05) is 38.0 Å². The number of piperazine rings is 1. The molecule has 1 aliphatic rings. The van der Waals surface area contributed by atoms with Crippen molar-refractivity contribution >= 4 is 29.1 Å². The summed E-state index contributed by atoms with van der Waals surface area (Å²) < 4.78 is 5.87. The van der Waals surface area contributed by atoms with Gasteiger partial charge in [0.05, 0.1) is 6.54 Å². The third kappa shape index (κ3) is 5.99. The standard InChI is InChI=1S/C24H30ClN3O3/c1-16-6-5-7-17(2)23(16)26-22(29)15-27-10-12-28(13-11-27)24(30)19(4)31-21-9-8-20(25)14-18(21)3/h5-9,14,19H,10-13,15H2,1-4H3,(H,26,29). The number of hydrogen-bond donors (Lipinski definition) is 1. The third-order valence-electron chi connectivity index (χ3n) is 5.59. The van der Waals surface area contributed by atoms with Gasteiger partial charge in [0, 0.05) is 36.9 Å². The summed E-state index contributed by atoms with van der Waals surface area (Å²) in [4.78, 5) is 29.2. The molecule has 166 valence electrons. The van der Waals surface area contributed by atoms with Gasteiger partial charge in [-0.25, -0.2) is 0 Å². The van der Waals surface area contributed by atoms with Gasteiger partial charge in [-0.05, 0) is 62.6 Å². The van der Waals surface area contributed by atoms with Crippen LogP contribution < -0.4 is 10.1 Å². The SMILES string of the molecule is Cc1cc(Cl)ccc1OC(C)C(=O)N1CCN(CC(=O)Nc2c(C)cccc2C)CC1. The van der Waals surface area contributed by atoms with Crippen molar-refractivity contribution in [3.05, 3.63) is 58.1 Å². The summed E-state index contributed by atoms with van der Waals surface area (Å²) in [7, 11) is 0. The molecule has 1 heterocycles. The molecule has 0 aromatic heterocycles. The molecule has 3 rings (SSSR count). The molecule has 1 saturated heterocycles. The predicted molar refractivity (Wildman–Crippen MR) is 124 cm³/mol. The van der Waals surface area contributed by atoms with Crippen LogP contribution >= 0.6 is 11.6 Å². The lowest BCUT2D eigenvalue weighted by Crippen LogP contribution is -2.53. The number of anilines is 1. The van der Waals surface area contributed by atoms with Crippen molar-refractivity contribution < 1.29 is 14.3 Å². The van der Waals surface area contributed by atoms with Gasteiger partial charge in [0.15, 0.2) is 6.10 Å². The van der Waals surface area contributed by atoms with Crippen molar-refractivity contribution in [1.82, 2.24) is 9.80 Å². The van der Waals surface area contributed by atoms with E-state index in [2.05, 4.69) is 10.2 Å². The molecule has 0 aliphatic carbocycles. The first kappa shape index (κ1) is 23.1. The molecule has 0 spiro atoms. The van der Waals surface area contributed by atoms with E-state index in [1.165, 1.54) is 0 Å². The van der Waals surface area contributed by atoms with Crippen LogP contribution in [0.15, 0.2) is 36.4 Å². The summed E-state index contributed by atoms with van der Waals surface area (Å²) in [6.07, 6.45) is -0.584. The number of hydrogen-bond acceptors (Lipinski definition) is 4. The molecule has 0 saturated carbocycles. The molecule has 1 unspecified atom stereocenters. The van der Waals surface area contributed by atoms with Gasteiger partial charge in [0.25, 0.3) is 5.91 Å². The Morgan fingerprint density at radius 2 is 1.68 bits per heavy atom. The van der Waals surface area contributed by atoms with Gasteiger partial charge >= 0.3 is 0 Å². The quantitative estimate of drug-likeness (QED) is 0.737. The number of carbonyl (C=O) groups excluding carboxylic acids is 2. The monoisotopic (exact) mass is 443 g/mol. The Hall–Kier alpha value is -2.57. The molecule has 1 aliphatic heterocycles. The number of nitrogens with one attached hydrogen (secondary N) is 1. The Labute approximate surface area is 189 Å². The van der Waals surface area contributed by atoms with Crippen LogP contribution in [0.3, 0.4) is 0 Å². The number of amides is 2. The van der Waals surface area contributed by atoms with Crippen molar-refractivity contribution in [3.63, 3.8) is 0 Å². The molecular formula is C24H30ClN3O3. The number of halogens is 1. The zero-order chi connectivity index (χ0) is 22.5. The first-order chi connectivity index (χ1) is 14.7. The summed E-state index contributed by atoms with van der Waals surface area (Å²) in [5, 5.41) is 3.66. The Kier molecular flexibility index (Phi) is 7.57. The predicted octanol–water partition coefficient (Wildman–Crippen LogP) is 3.82. The Balaban J connectivity index is 1.48. The van der Waals surface area contributed by atoms with Gasteiger partial charge in [-0.3, -0.25) is 14.5 Å². The zero-order valence-corrected chi connectivity index (χ0v) is 19.3. The van der Waals surface area contributed by atoms with E-state index in [0.29, 0.717) is 43.5 Å². The summed E-state index contributed by atoms with van der Waals surface area (Å²) in [5.74, 6) is 0.577. The van der Waals surface area contributed by atoms with Gasteiger partial charge < -0.3 is 15.0 Å². The summed E-state index contributed by atoms with van der Waals surface area (Å²) >= 11 is 5.98. The van der Waals surface area contributed by atoms with E-state index in [0.717, 1.165) is 22.4 Å². The normalized spacial score (nSPS) is 15.5. The number of nitrogens with zero attached hydrogens (tertiary/aromatic N) is 2. The van der Waals surface area contributed by atoms with Crippen LogP contribution in [0.1, 0.15) is 23.6 Å². The van der Waals surface area contributed by atoms with E-state index < -0.39 is 6.10 Å². The molecule has 2 aromatic rings. The average molecular weight is 444 g/mol. The molecular weight excluding hydrogens is 414 g/mol. The van der Waals surface area contributed by atoms with Crippen molar-refractivity contribution in [1.29, 1.82) is 0 Å². The number of rotatable bonds is 6. The van der Waals surface area contributed by atoms with Crippen LogP contribution in [0.25, 0.3) is 0 Å². The number of benzene rings is 2. The Morgan fingerprint density at radius 3 is 2.29 bits per heavy atom. The van der Waals surface area contributed by atoms with Gasteiger partial charge in [-0.2, -0.15) is 0 Å². The topological polar surface area (TPSA) is 61.9 Å². The zero-order valence-electron chi connectivity index (χ0n) is 18.6. The summed E-state index contributed by atoms with van der Waals surface area (Å²) in [5.41, 5.74) is 3.87. The molecule has 7 heteroatoms. The smallest absolute Gasteiger partial charge is 0.263 e. The highest BCUT2D eigenvalue weighted by molar-refractivity contribution is 6.30. The van der Waals surface area contributed by atoms with E-state index >= 15 is 0 Å². The van der Waals surface area contributed by atoms with Gasteiger partial charge in [0.2, 0.25) is 5.91 Å². The van der Waals surface area contributed by atoms with E-state index in [1.807, 2.05) is 45.0 Å². The lowest BCUT2D eigenvalue weighted by atomic mass is 10.1. The maximum Gasteiger partial charge on any atom is 0.263 e. The number of para-hydroxylation sites is 1. The third-order valence-corrected chi connectivity index (χ3v) is 5.82. The minimum Gasteiger partial charge on any atom is -0.481 e. The molecule has 2 amide bonds. The van der Waals surface area contributed by atoms with Crippen LogP contribution in [0.5, 0.6) is 5.75 Å². The van der Waals surface area contributed by atoms with Crippen molar-refractivity contribution in [2.45, 2.75) is 33.8 Å². The highest BCUT2D eigenvalue weighted by Crippen LogP contribution is 2.23. The molecule has 0 radical (unpaired) electrons. The second kappa shape index (κ2) is 10.2. The van der Waals surface area contributed by atoms with Crippen LogP contribution in [0.4, 0.5) is 5.69 Å². The molecule has 1 atom stereocenters. The van der Waals surface area contributed by atoms with E-state index in [-0.39, 0.29) is 11.8 Å². The second-order valence-corrected chi connectivity index (χ2v) is 8.52. The van der Waals surface area contributed by atoms with E-state index in [4.69, 9.17) is 16.3 Å². The number of aryl methyl sites for hydroxylation is 3. The molecule has 0 bridgehead atoms. The molecule has 1 N–H and O–H groups in total. The Morgan fingerprint density at radius 1 is 1.03 bits per heavy atom. The first-order valence-electron chi connectivity index (χ1n) is 10.5. The highest BCUT2D eigenvalue weighted by atomic mass is 35.5. The highest BCUT2D eigenvalue weighted by Gasteiger charge is 2.27. The number of carbonyl (C=O) groups is 2. The Bertz CT molecular complexity index is 935.